The van der Waals surface area contributed by atoms with E-state index in [2.05, 4.69) is 15.4 Å². The van der Waals surface area contributed by atoms with Crippen LogP contribution in [0.5, 0.6) is 0 Å². The number of nitrogens with one attached hydrogen (secondary N) is 1. The van der Waals surface area contributed by atoms with Crippen molar-refractivity contribution in [1.82, 2.24) is 19.9 Å². The first-order valence-electron chi connectivity index (χ1n) is 8.74. The third kappa shape index (κ3) is 3.96. The van der Waals surface area contributed by atoms with Gasteiger partial charge in [0.25, 0.3) is 5.91 Å². The maximum atomic E-state index is 13.6. The zero-order valence-electron chi connectivity index (χ0n) is 15.3. The molecule has 0 aliphatic carbocycles. The van der Waals surface area contributed by atoms with Crippen molar-refractivity contribution in [2.45, 2.75) is 32.9 Å². The van der Waals surface area contributed by atoms with Crippen molar-refractivity contribution in [3.63, 3.8) is 0 Å². The number of alkyl halides is 3. The molecule has 0 bridgehead atoms. The Labute approximate surface area is 164 Å². The van der Waals surface area contributed by atoms with Gasteiger partial charge < -0.3 is 5.32 Å². The molecule has 3 rings (SSSR count). The highest BCUT2D eigenvalue weighted by Gasteiger charge is 2.36. The third-order valence-corrected chi connectivity index (χ3v) is 4.55. The van der Waals surface area contributed by atoms with Crippen LogP contribution >= 0.6 is 11.6 Å². The van der Waals surface area contributed by atoms with Crippen LogP contribution in [0, 0.1) is 6.92 Å². The number of amides is 1. The molecule has 0 fully saturated rings. The Morgan fingerprint density at radius 3 is 2.54 bits per heavy atom. The molecule has 0 saturated heterocycles. The molecule has 3 aromatic rings. The average molecular weight is 411 g/mol. The van der Waals surface area contributed by atoms with E-state index in [-0.39, 0.29) is 22.1 Å². The van der Waals surface area contributed by atoms with E-state index in [4.69, 9.17) is 11.6 Å². The zero-order valence-corrected chi connectivity index (χ0v) is 16.0. The Morgan fingerprint density at radius 2 is 1.93 bits per heavy atom. The Bertz CT molecular complexity index is 1010. The summed E-state index contributed by atoms with van der Waals surface area (Å²) in [4.78, 5) is 16.5. The molecule has 5 nitrogen and oxygen atoms in total. The van der Waals surface area contributed by atoms with Crippen molar-refractivity contribution in [2.75, 3.05) is 6.54 Å². The van der Waals surface area contributed by atoms with Crippen molar-refractivity contribution < 1.29 is 18.0 Å². The minimum absolute atomic E-state index is 0.0968. The van der Waals surface area contributed by atoms with Gasteiger partial charge in [0.2, 0.25) is 0 Å². The lowest BCUT2D eigenvalue weighted by Crippen LogP contribution is -2.25. The molecule has 0 radical (unpaired) electrons. The first kappa shape index (κ1) is 20.1. The highest BCUT2D eigenvalue weighted by atomic mass is 35.5. The number of carbonyl (C=O) groups is 1. The molecule has 148 valence electrons. The summed E-state index contributed by atoms with van der Waals surface area (Å²) in [5.74, 6) is -0.631. The fourth-order valence-corrected chi connectivity index (χ4v) is 2.92. The molecule has 2 aromatic heterocycles. The van der Waals surface area contributed by atoms with Gasteiger partial charge in [0.1, 0.15) is 5.02 Å². The van der Waals surface area contributed by atoms with Crippen LogP contribution in [0.4, 0.5) is 13.2 Å². The van der Waals surface area contributed by atoms with Gasteiger partial charge in [-0.25, -0.2) is 9.50 Å². The van der Waals surface area contributed by atoms with Gasteiger partial charge in [-0.15, -0.1) is 0 Å². The van der Waals surface area contributed by atoms with Gasteiger partial charge in [0, 0.05) is 12.1 Å². The van der Waals surface area contributed by atoms with E-state index in [1.165, 1.54) is 0 Å². The number of aryl methyl sites for hydroxylation is 1. The molecule has 0 spiro atoms. The first-order valence-corrected chi connectivity index (χ1v) is 9.12. The van der Waals surface area contributed by atoms with Gasteiger partial charge in [0.15, 0.2) is 17.0 Å². The predicted molar refractivity (Wildman–Crippen MR) is 100 cm³/mol. The monoisotopic (exact) mass is 410 g/mol. The van der Waals surface area contributed by atoms with E-state index in [1.807, 2.05) is 13.8 Å². The minimum Gasteiger partial charge on any atom is -0.351 e. The Morgan fingerprint density at radius 1 is 1.25 bits per heavy atom. The molecule has 1 N–H and O–H groups in total. The average Bonchev–Trinajstić information content (AvgIpc) is 2.98. The van der Waals surface area contributed by atoms with Gasteiger partial charge in [-0.1, -0.05) is 54.8 Å². The molecule has 9 heteroatoms. The lowest BCUT2D eigenvalue weighted by Gasteiger charge is -2.11. The molecule has 1 aromatic carbocycles. The van der Waals surface area contributed by atoms with Crippen LogP contribution in [0.2, 0.25) is 5.02 Å². The second-order valence-electron chi connectivity index (χ2n) is 6.40. The standard InChI is InChI=1S/C19H18ClF3N4O/c1-3-4-9-24-18(28)16-15(20)17-25-13(12-7-5-11(2)6-8-12)10-14(19(21,22)23)27(17)26-16/h5-8,10H,3-4,9H2,1-2H3,(H,24,28). The fourth-order valence-electron chi connectivity index (χ4n) is 2.67. The van der Waals surface area contributed by atoms with Crippen LogP contribution < -0.4 is 5.32 Å². The van der Waals surface area contributed by atoms with Crippen LogP contribution in [-0.2, 0) is 6.18 Å². The molecular formula is C19H18ClF3N4O. The molecule has 1 amide bonds. The number of unbranched alkanes of at least 4 members (excludes halogenated alkanes) is 1. The van der Waals surface area contributed by atoms with Crippen LogP contribution in [0.1, 0.15) is 41.5 Å². The van der Waals surface area contributed by atoms with Crippen LogP contribution in [0.3, 0.4) is 0 Å². The number of rotatable bonds is 5. The van der Waals surface area contributed by atoms with Gasteiger partial charge in [-0.3, -0.25) is 4.79 Å². The molecule has 0 aliphatic heterocycles. The second-order valence-corrected chi connectivity index (χ2v) is 6.78. The summed E-state index contributed by atoms with van der Waals surface area (Å²) in [5.41, 5.74) is 0.0193. The summed E-state index contributed by atoms with van der Waals surface area (Å²) in [7, 11) is 0. The van der Waals surface area contributed by atoms with E-state index in [0.29, 0.717) is 16.6 Å². The van der Waals surface area contributed by atoms with Gasteiger partial charge in [0.05, 0.1) is 5.69 Å². The Kier molecular flexibility index (Phi) is 5.60. The van der Waals surface area contributed by atoms with Crippen molar-refractivity contribution >= 4 is 23.2 Å². The number of benzene rings is 1. The number of carbonyl (C=O) groups excluding carboxylic acids is 1. The quantitative estimate of drug-likeness (QED) is 0.608. The van der Waals surface area contributed by atoms with Crippen molar-refractivity contribution in [3.05, 3.63) is 52.3 Å². The number of aromatic nitrogens is 3. The number of hydrogen-bond donors (Lipinski definition) is 1. The largest absolute Gasteiger partial charge is 0.433 e. The molecular weight excluding hydrogens is 393 g/mol. The number of hydrogen-bond acceptors (Lipinski definition) is 3. The number of nitrogens with zero attached hydrogens (tertiary/aromatic N) is 3. The maximum Gasteiger partial charge on any atom is 0.433 e. The normalized spacial score (nSPS) is 11.8. The summed E-state index contributed by atoms with van der Waals surface area (Å²) < 4.78 is 41.5. The van der Waals surface area contributed by atoms with E-state index < -0.39 is 17.8 Å². The molecule has 2 heterocycles. The van der Waals surface area contributed by atoms with E-state index in [9.17, 15) is 18.0 Å². The highest BCUT2D eigenvalue weighted by Crippen LogP contribution is 2.34. The van der Waals surface area contributed by atoms with Crippen molar-refractivity contribution in [3.8, 4) is 11.3 Å². The maximum absolute atomic E-state index is 13.6. The number of fused-ring (bicyclic) bond motifs is 1. The lowest BCUT2D eigenvalue weighted by molar-refractivity contribution is -0.142. The molecule has 0 aliphatic rings. The molecule has 0 atom stereocenters. The highest BCUT2D eigenvalue weighted by molar-refractivity contribution is 6.36. The summed E-state index contributed by atoms with van der Waals surface area (Å²) in [6.45, 7) is 4.21. The molecule has 0 saturated carbocycles. The topological polar surface area (TPSA) is 59.3 Å². The van der Waals surface area contributed by atoms with Crippen LogP contribution in [0.15, 0.2) is 30.3 Å². The minimum atomic E-state index is -4.70. The smallest absolute Gasteiger partial charge is 0.351 e. The molecule has 0 unspecified atom stereocenters. The fraction of sp³-hybridized carbons (Fsp3) is 0.316. The second kappa shape index (κ2) is 7.79. The van der Waals surface area contributed by atoms with E-state index >= 15 is 0 Å². The third-order valence-electron chi connectivity index (χ3n) is 4.20. The summed E-state index contributed by atoms with van der Waals surface area (Å²) in [6.07, 6.45) is -3.11. The summed E-state index contributed by atoms with van der Waals surface area (Å²) in [5, 5.41) is 6.19. The van der Waals surface area contributed by atoms with Gasteiger partial charge >= 0.3 is 6.18 Å². The SMILES string of the molecule is CCCCNC(=O)c1nn2c(C(F)(F)F)cc(-c3ccc(C)cc3)nc2c1Cl. The Hall–Kier alpha value is -2.61. The van der Waals surface area contributed by atoms with E-state index in [0.717, 1.165) is 24.5 Å². The molecule has 28 heavy (non-hydrogen) atoms. The van der Waals surface area contributed by atoms with Crippen LogP contribution in [0.25, 0.3) is 16.9 Å². The van der Waals surface area contributed by atoms with Crippen molar-refractivity contribution in [1.29, 1.82) is 0 Å². The Balaban J connectivity index is 2.15. The van der Waals surface area contributed by atoms with Crippen LogP contribution in [-0.4, -0.2) is 27.0 Å². The predicted octanol–water partition coefficient (Wildman–Crippen LogP) is 4.91. The first-order chi connectivity index (χ1) is 13.2. The number of halogens is 4. The van der Waals surface area contributed by atoms with E-state index in [1.54, 1.807) is 24.3 Å². The zero-order chi connectivity index (χ0) is 20.5. The summed E-state index contributed by atoms with van der Waals surface area (Å²) in [6, 6.07) is 7.81. The lowest BCUT2D eigenvalue weighted by atomic mass is 10.1. The van der Waals surface area contributed by atoms with Crippen molar-refractivity contribution in [2.24, 2.45) is 0 Å². The van der Waals surface area contributed by atoms with Gasteiger partial charge in [-0.05, 0) is 19.4 Å². The summed E-state index contributed by atoms with van der Waals surface area (Å²) >= 11 is 6.20. The van der Waals surface area contributed by atoms with Gasteiger partial charge in [-0.2, -0.15) is 18.3 Å².